The maximum Gasteiger partial charge on any atom is 0.260 e. The Morgan fingerprint density at radius 2 is 1.90 bits per heavy atom. The van der Waals surface area contributed by atoms with Crippen molar-refractivity contribution in [3.63, 3.8) is 0 Å². The topological polar surface area (TPSA) is 78.1 Å². The van der Waals surface area contributed by atoms with Crippen LogP contribution in [0.5, 0.6) is 0 Å². The number of anilines is 1. The lowest BCUT2D eigenvalue weighted by Crippen LogP contribution is -2.31. The van der Waals surface area contributed by atoms with E-state index in [0.29, 0.717) is 33.3 Å². The van der Waals surface area contributed by atoms with Gasteiger partial charge in [0.25, 0.3) is 5.56 Å². The van der Waals surface area contributed by atoms with E-state index in [2.05, 4.69) is 15.3 Å². The predicted molar refractivity (Wildman–Crippen MR) is 122 cm³/mol. The third kappa shape index (κ3) is 4.59. The molecule has 0 saturated carbocycles. The Kier molecular flexibility index (Phi) is 5.94. The Balaban J connectivity index is 1.46. The lowest BCUT2D eigenvalue weighted by molar-refractivity contribution is -0.117. The summed E-state index contributed by atoms with van der Waals surface area (Å²) in [5.41, 5.74) is 2.37. The lowest BCUT2D eigenvalue weighted by Gasteiger charge is -2.15. The van der Waals surface area contributed by atoms with E-state index < -0.39 is 0 Å². The van der Waals surface area contributed by atoms with Gasteiger partial charge in [-0.25, -0.2) is 4.98 Å². The Hall–Kier alpha value is -3.00. The van der Waals surface area contributed by atoms with Crippen LogP contribution in [-0.2, 0) is 11.3 Å². The second-order valence-corrected chi connectivity index (χ2v) is 8.23. The number of H-pyrrole nitrogens is 1. The summed E-state index contributed by atoms with van der Waals surface area (Å²) in [6, 6.07) is 16.7. The molecular weight excluding hydrogens is 420 g/mol. The molecule has 0 saturated heterocycles. The number of nitrogens with one attached hydrogen (secondary N) is 2. The fourth-order valence-corrected chi connectivity index (χ4v) is 4.28. The second-order valence-electron chi connectivity index (χ2n) is 6.94. The fraction of sp³-hybridized carbons (Fsp3) is 0.136. The van der Waals surface area contributed by atoms with Gasteiger partial charge < -0.3 is 10.3 Å². The molecule has 4 rings (SSSR count). The van der Waals surface area contributed by atoms with Crippen LogP contribution in [0.3, 0.4) is 0 Å². The molecule has 152 valence electrons. The number of rotatable bonds is 6. The molecule has 0 aliphatic rings. The molecule has 2 aromatic carbocycles. The molecular formula is C22H19ClN4O2S. The zero-order valence-electron chi connectivity index (χ0n) is 16.2. The number of carbonyl (C=O) groups is 1. The van der Waals surface area contributed by atoms with E-state index in [1.54, 1.807) is 36.2 Å². The zero-order valence-corrected chi connectivity index (χ0v) is 17.8. The maximum atomic E-state index is 12.7. The molecule has 6 nitrogen and oxygen atoms in total. The van der Waals surface area contributed by atoms with E-state index in [0.717, 1.165) is 11.1 Å². The fourth-order valence-electron chi connectivity index (χ4n) is 3.19. The van der Waals surface area contributed by atoms with E-state index in [9.17, 15) is 9.59 Å². The second kappa shape index (κ2) is 8.79. The van der Waals surface area contributed by atoms with Crippen molar-refractivity contribution in [1.82, 2.24) is 14.9 Å². The van der Waals surface area contributed by atoms with E-state index in [-0.39, 0.29) is 18.0 Å². The average molecular weight is 439 g/mol. The molecule has 1 amide bonds. The molecule has 0 aliphatic carbocycles. The van der Waals surface area contributed by atoms with Gasteiger partial charge in [0.1, 0.15) is 10.7 Å². The highest BCUT2D eigenvalue weighted by Gasteiger charge is 2.14. The number of likely N-dealkylation sites (N-methyl/N-ethyl adjacent to an activating group) is 1. The van der Waals surface area contributed by atoms with Crippen molar-refractivity contribution in [3.8, 4) is 11.1 Å². The van der Waals surface area contributed by atoms with Crippen LogP contribution in [0.1, 0.15) is 5.82 Å². The van der Waals surface area contributed by atoms with E-state index >= 15 is 0 Å². The van der Waals surface area contributed by atoms with Crippen molar-refractivity contribution in [2.24, 2.45) is 0 Å². The van der Waals surface area contributed by atoms with Crippen molar-refractivity contribution >= 4 is 44.7 Å². The zero-order chi connectivity index (χ0) is 21.1. The predicted octanol–water partition coefficient (Wildman–Crippen LogP) is 4.38. The first kappa shape index (κ1) is 20.3. The molecule has 2 N–H and O–H groups in total. The summed E-state index contributed by atoms with van der Waals surface area (Å²) in [4.78, 5) is 34.9. The molecule has 0 spiro atoms. The number of hydrogen-bond donors (Lipinski definition) is 2. The molecule has 0 unspecified atom stereocenters. The summed E-state index contributed by atoms with van der Waals surface area (Å²) in [5, 5.41) is 5.98. The monoisotopic (exact) mass is 438 g/mol. The van der Waals surface area contributed by atoms with Crippen LogP contribution in [0.2, 0.25) is 5.02 Å². The van der Waals surface area contributed by atoms with Crippen molar-refractivity contribution in [2.75, 3.05) is 18.9 Å². The Morgan fingerprint density at radius 3 is 2.63 bits per heavy atom. The third-order valence-corrected chi connectivity index (χ3v) is 5.66. The first-order chi connectivity index (χ1) is 14.5. The molecule has 2 heterocycles. The first-order valence-electron chi connectivity index (χ1n) is 9.29. The molecule has 4 aromatic rings. The Labute approximate surface area is 182 Å². The summed E-state index contributed by atoms with van der Waals surface area (Å²) in [6.45, 7) is 0.502. The summed E-state index contributed by atoms with van der Waals surface area (Å²) >= 11 is 7.30. The molecule has 0 atom stereocenters. The van der Waals surface area contributed by atoms with Crippen LogP contribution in [-0.4, -0.2) is 34.4 Å². The number of hydrogen-bond acceptors (Lipinski definition) is 5. The lowest BCUT2D eigenvalue weighted by atomic mass is 10.1. The van der Waals surface area contributed by atoms with Crippen molar-refractivity contribution in [1.29, 1.82) is 0 Å². The maximum absolute atomic E-state index is 12.7. The highest BCUT2D eigenvalue weighted by atomic mass is 35.5. The van der Waals surface area contributed by atoms with Crippen LogP contribution < -0.4 is 10.9 Å². The van der Waals surface area contributed by atoms with Crippen molar-refractivity contribution < 1.29 is 4.79 Å². The summed E-state index contributed by atoms with van der Waals surface area (Å²) in [7, 11) is 1.80. The summed E-state index contributed by atoms with van der Waals surface area (Å²) in [6.07, 6.45) is 0. The standard InChI is InChI=1S/C22H19ClN4O2S/c1-27(12-19(28)24-16-9-7-15(23)8-10-16)11-18-25-21(29)20-17(13-30-22(20)26-18)14-5-3-2-4-6-14/h2-10,13H,11-12H2,1H3,(H,24,28)(H,25,26,29). The van der Waals surface area contributed by atoms with Crippen LogP contribution >= 0.6 is 22.9 Å². The van der Waals surface area contributed by atoms with Gasteiger partial charge >= 0.3 is 0 Å². The van der Waals surface area contributed by atoms with Gasteiger partial charge in [0.2, 0.25) is 5.91 Å². The number of aromatic amines is 1. The molecule has 8 heteroatoms. The van der Waals surface area contributed by atoms with Gasteiger partial charge in [-0.1, -0.05) is 41.9 Å². The summed E-state index contributed by atoms with van der Waals surface area (Å²) in [5.74, 6) is 0.362. The van der Waals surface area contributed by atoms with Crippen molar-refractivity contribution in [2.45, 2.75) is 6.54 Å². The number of halogens is 1. The van der Waals surface area contributed by atoms with Gasteiger partial charge in [-0.05, 0) is 36.9 Å². The van der Waals surface area contributed by atoms with Gasteiger partial charge in [0.05, 0.1) is 18.5 Å². The van der Waals surface area contributed by atoms with E-state index in [4.69, 9.17) is 11.6 Å². The smallest absolute Gasteiger partial charge is 0.260 e. The van der Waals surface area contributed by atoms with Gasteiger partial charge in [-0.15, -0.1) is 11.3 Å². The molecule has 0 fully saturated rings. The Morgan fingerprint density at radius 1 is 1.17 bits per heavy atom. The quantitative estimate of drug-likeness (QED) is 0.468. The molecule has 30 heavy (non-hydrogen) atoms. The van der Waals surface area contributed by atoms with Crippen LogP contribution in [0, 0.1) is 0 Å². The van der Waals surface area contributed by atoms with Crippen LogP contribution in [0.15, 0.2) is 64.8 Å². The molecule has 0 radical (unpaired) electrons. The molecule has 2 aromatic heterocycles. The minimum atomic E-state index is -0.172. The largest absolute Gasteiger partial charge is 0.325 e. The van der Waals surface area contributed by atoms with Crippen LogP contribution in [0.4, 0.5) is 5.69 Å². The number of aromatic nitrogens is 2. The number of amides is 1. The third-order valence-electron chi connectivity index (χ3n) is 4.54. The normalized spacial score (nSPS) is 11.2. The summed E-state index contributed by atoms with van der Waals surface area (Å²) < 4.78 is 0. The van der Waals surface area contributed by atoms with E-state index in [1.165, 1.54) is 11.3 Å². The van der Waals surface area contributed by atoms with Crippen molar-refractivity contribution in [3.05, 3.63) is 81.2 Å². The van der Waals surface area contributed by atoms with E-state index in [1.807, 2.05) is 35.7 Å². The number of carbonyl (C=O) groups excluding carboxylic acids is 1. The van der Waals surface area contributed by atoms with Crippen LogP contribution in [0.25, 0.3) is 21.3 Å². The minimum Gasteiger partial charge on any atom is -0.325 e. The van der Waals surface area contributed by atoms with Gasteiger partial charge in [-0.3, -0.25) is 14.5 Å². The highest BCUT2D eigenvalue weighted by Crippen LogP contribution is 2.30. The van der Waals surface area contributed by atoms with Gasteiger partial charge in [0.15, 0.2) is 0 Å². The van der Waals surface area contributed by atoms with Gasteiger partial charge in [-0.2, -0.15) is 0 Å². The number of benzene rings is 2. The number of thiophene rings is 1. The first-order valence-corrected chi connectivity index (χ1v) is 10.5. The number of nitrogens with zero attached hydrogens (tertiary/aromatic N) is 2. The highest BCUT2D eigenvalue weighted by molar-refractivity contribution is 7.17. The minimum absolute atomic E-state index is 0.157. The van der Waals surface area contributed by atoms with Gasteiger partial charge in [0, 0.05) is 21.7 Å². The molecule has 0 aliphatic heterocycles. The molecule has 0 bridgehead atoms. The SMILES string of the molecule is CN(CC(=O)Nc1ccc(Cl)cc1)Cc1nc2scc(-c3ccccc3)c2c(=O)[nH]1. The Bertz CT molecular complexity index is 1240. The average Bonchev–Trinajstić information content (AvgIpc) is 3.15. The number of fused-ring (bicyclic) bond motifs is 1.